The molecule has 1 amide bonds. The van der Waals surface area contributed by atoms with Crippen molar-refractivity contribution < 1.29 is 13.2 Å². The normalized spacial score (nSPS) is 19.0. The molecule has 0 atom stereocenters. The second-order valence-corrected chi connectivity index (χ2v) is 6.73. The summed E-state index contributed by atoms with van der Waals surface area (Å²) in [5.41, 5.74) is 2.34. The Morgan fingerprint density at radius 2 is 2.00 bits per heavy atom. The zero-order valence-electron chi connectivity index (χ0n) is 9.77. The van der Waals surface area contributed by atoms with Crippen LogP contribution < -0.4 is 10.0 Å². The molecule has 0 saturated heterocycles. The summed E-state index contributed by atoms with van der Waals surface area (Å²) in [4.78, 5) is 11.2. The fourth-order valence-corrected chi connectivity index (χ4v) is 3.45. The number of aryl methyl sites for hydroxylation is 1. The number of hydrogen-bond donors (Lipinski definition) is 2. The Kier molecular flexibility index (Phi) is 2.55. The standard InChI is InChI=1S/C12H14N2O3S/c15-12-6-1-8-7-9(2-5-11(8)13-12)14-18(16,17)10-3-4-10/h2,5,7,10,14H,1,3-4,6H2,(H,13,15). The maximum atomic E-state index is 11.8. The minimum atomic E-state index is -3.21. The number of rotatable bonds is 3. The molecular formula is C12H14N2O3S. The second-order valence-electron chi connectivity index (χ2n) is 4.77. The maximum Gasteiger partial charge on any atom is 0.235 e. The number of sulfonamides is 1. The predicted octanol–water partition coefficient (Wildman–Crippen LogP) is 1.48. The summed E-state index contributed by atoms with van der Waals surface area (Å²) in [7, 11) is -3.21. The smallest absolute Gasteiger partial charge is 0.235 e. The summed E-state index contributed by atoms with van der Waals surface area (Å²) in [5, 5.41) is 2.54. The van der Waals surface area contributed by atoms with Gasteiger partial charge in [0.15, 0.2) is 0 Å². The summed E-state index contributed by atoms with van der Waals surface area (Å²) in [6, 6.07) is 5.23. The first-order valence-corrected chi connectivity index (χ1v) is 7.54. The Balaban J connectivity index is 1.84. The van der Waals surface area contributed by atoms with E-state index in [0.29, 0.717) is 18.5 Å². The van der Waals surface area contributed by atoms with E-state index in [-0.39, 0.29) is 11.2 Å². The van der Waals surface area contributed by atoms with Crippen molar-refractivity contribution in [1.82, 2.24) is 0 Å². The lowest BCUT2D eigenvalue weighted by atomic mass is 10.0. The van der Waals surface area contributed by atoms with E-state index < -0.39 is 10.0 Å². The van der Waals surface area contributed by atoms with Crippen LogP contribution in [0.15, 0.2) is 18.2 Å². The van der Waals surface area contributed by atoms with Crippen LogP contribution in [0.3, 0.4) is 0 Å². The molecule has 1 fully saturated rings. The first-order valence-electron chi connectivity index (χ1n) is 5.99. The molecule has 6 heteroatoms. The highest BCUT2D eigenvalue weighted by Gasteiger charge is 2.35. The molecule has 0 spiro atoms. The van der Waals surface area contributed by atoms with Crippen LogP contribution in [0.5, 0.6) is 0 Å². The summed E-state index contributed by atoms with van der Waals surface area (Å²) in [5.74, 6) is 0.00816. The molecule has 1 aromatic rings. The van der Waals surface area contributed by atoms with Crippen LogP contribution in [0.2, 0.25) is 0 Å². The Bertz CT molecular complexity index is 606. The molecule has 1 saturated carbocycles. The number of nitrogens with one attached hydrogen (secondary N) is 2. The Hall–Kier alpha value is -1.56. The molecule has 0 unspecified atom stereocenters. The highest BCUT2D eigenvalue weighted by Crippen LogP contribution is 2.31. The van der Waals surface area contributed by atoms with E-state index in [1.807, 2.05) is 0 Å². The van der Waals surface area contributed by atoms with Crippen molar-refractivity contribution in [3.63, 3.8) is 0 Å². The van der Waals surface area contributed by atoms with Gasteiger partial charge in [0, 0.05) is 17.8 Å². The third-order valence-electron chi connectivity index (χ3n) is 3.22. The van der Waals surface area contributed by atoms with Crippen molar-refractivity contribution in [2.24, 2.45) is 0 Å². The van der Waals surface area contributed by atoms with E-state index in [9.17, 15) is 13.2 Å². The maximum absolute atomic E-state index is 11.8. The van der Waals surface area contributed by atoms with Gasteiger partial charge in [-0.1, -0.05) is 0 Å². The third-order valence-corrected chi connectivity index (χ3v) is 5.09. The van der Waals surface area contributed by atoms with Gasteiger partial charge in [-0.15, -0.1) is 0 Å². The molecule has 0 radical (unpaired) electrons. The van der Waals surface area contributed by atoms with Crippen LogP contribution in [0, 0.1) is 0 Å². The minimum Gasteiger partial charge on any atom is -0.326 e. The van der Waals surface area contributed by atoms with Crippen LogP contribution in [0.25, 0.3) is 0 Å². The SMILES string of the molecule is O=C1CCc2cc(NS(=O)(=O)C3CC3)ccc2N1. The molecule has 1 heterocycles. The van der Waals surface area contributed by atoms with E-state index in [1.165, 1.54) is 0 Å². The molecular weight excluding hydrogens is 252 g/mol. The fraction of sp³-hybridized carbons (Fsp3) is 0.417. The lowest BCUT2D eigenvalue weighted by Crippen LogP contribution is -2.20. The van der Waals surface area contributed by atoms with Crippen molar-refractivity contribution in [3.8, 4) is 0 Å². The molecule has 0 bridgehead atoms. The average Bonchev–Trinajstić information content (AvgIpc) is 3.13. The van der Waals surface area contributed by atoms with E-state index >= 15 is 0 Å². The van der Waals surface area contributed by atoms with Gasteiger partial charge in [0.1, 0.15) is 0 Å². The van der Waals surface area contributed by atoms with E-state index in [2.05, 4.69) is 10.0 Å². The number of fused-ring (bicyclic) bond motifs is 1. The molecule has 2 N–H and O–H groups in total. The average molecular weight is 266 g/mol. The van der Waals surface area contributed by atoms with Crippen molar-refractivity contribution in [1.29, 1.82) is 0 Å². The molecule has 96 valence electrons. The summed E-state index contributed by atoms with van der Waals surface area (Å²) >= 11 is 0. The monoisotopic (exact) mass is 266 g/mol. The van der Waals surface area contributed by atoms with Crippen molar-refractivity contribution in [3.05, 3.63) is 23.8 Å². The number of carbonyl (C=O) groups is 1. The number of benzene rings is 1. The first-order chi connectivity index (χ1) is 8.54. The topological polar surface area (TPSA) is 75.3 Å². The largest absolute Gasteiger partial charge is 0.326 e. The van der Waals surface area contributed by atoms with E-state index in [0.717, 1.165) is 24.1 Å². The van der Waals surface area contributed by atoms with Crippen LogP contribution in [0.4, 0.5) is 11.4 Å². The lowest BCUT2D eigenvalue weighted by molar-refractivity contribution is -0.116. The molecule has 1 aliphatic carbocycles. The van der Waals surface area contributed by atoms with Gasteiger partial charge in [0.25, 0.3) is 0 Å². The zero-order valence-corrected chi connectivity index (χ0v) is 10.6. The van der Waals surface area contributed by atoms with Crippen molar-refractivity contribution >= 4 is 27.3 Å². The number of anilines is 2. The summed E-state index contributed by atoms with van der Waals surface area (Å²) in [6.07, 6.45) is 2.60. The van der Waals surface area contributed by atoms with Crippen LogP contribution in [0.1, 0.15) is 24.8 Å². The highest BCUT2D eigenvalue weighted by molar-refractivity contribution is 7.93. The number of hydrogen-bond acceptors (Lipinski definition) is 3. The van der Waals surface area contributed by atoms with Gasteiger partial charge >= 0.3 is 0 Å². The van der Waals surface area contributed by atoms with Crippen LogP contribution >= 0.6 is 0 Å². The van der Waals surface area contributed by atoms with Gasteiger partial charge < -0.3 is 5.32 Å². The molecule has 1 aromatic carbocycles. The van der Waals surface area contributed by atoms with E-state index in [1.54, 1.807) is 18.2 Å². The number of carbonyl (C=O) groups excluding carboxylic acids is 1. The van der Waals surface area contributed by atoms with E-state index in [4.69, 9.17) is 0 Å². The van der Waals surface area contributed by atoms with Gasteiger partial charge in [0.05, 0.1) is 5.25 Å². The van der Waals surface area contributed by atoms with Gasteiger partial charge in [-0.2, -0.15) is 0 Å². The molecule has 3 rings (SSSR count). The Morgan fingerprint density at radius 1 is 1.22 bits per heavy atom. The quantitative estimate of drug-likeness (QED) is 0.870. The van der Waals surface area contributed by atoms with Crippen LogP contribution in [-0.4, -0.2) is 19.6 Å². The highest BCUT2D eigenvalue weighted by atomic mass is 32.2. The fourth-order valence-electron chi connectivity index (χ4n) is 2.07. The minimum absolute atomic E-state index is 0.00816. The molecule has 0 aromatic heterocycles. The Labute approximate surface area is 106 Å². The van der Waals surface area contributed by atoms with Crippen molar-refractivity contribution in [2.45, 2.75) is 30.9 Å². The first kappa shape index (κ1) is 11.5. The van der Waals surface area contributed by atoms with Gasteiger partial charge in [0.2, 0.25) is 15.9 Å². The molecule has 18 heavy (non-hydrogen) atoms. The second kappa shape index (κ2) is 3.98. The summed E-state index contributed by atoms with van der Waals surface area (Å²) in [6.45, 7) is 0. The summed E-state index contributed by atoms with van der Waals surface area (Å²) < 4.78 is 26.2. The van der Waals surface area contributed by atoms with Crippen molar-refractivity contribution in [2.75, 3.05) is 10.0 Å². The number of amides is 1. The van der Waals surface area contributed by atoms with Gasteiger partial charge in [-0.05, 0) is 43.0 Å². The molecule has 1 aliphatic heterocycles. The predicted molar refractivity (Wildman–Crippen MR) is 69.0 cm³/mol. The molecule has 5 nitrogen and oxygen atoms in total. The zero-order chi connectivity index (χ0) is 12.8. The van der Waals surface area contributed by atoms with Crippen LogP contribution in [-0.2, 0) is 21.2 Å². The van der Waals surface area contributed by atoms with Gasteiger partial charge in [-0.25, -0.2) is 8.42 Å². The lowest BCUT2D eigenvalue weighted by Gasteiger charge is -2.18. The Morgan fingerprint density at radius 3 is 2.72 bits per heavy atom. The molecule has 2 aliphatic rings. The third kappa shape index (κ3) is 2.20. The van der Waals surface area contributed by atoms with Gasteiger partial charge in [-0.3, -0.25) is 9.52 Å².